The van der Waals surface area contributed by atoms with Crippen LogP contribution in [0.2, 0.25) is 0 Å². The number of anilines is 1. The maximum absolute atomic E-state index is 12.6. The Balaban J connectivity index is 1.78. The number of methoxy groups -OCH3 is 1. The van der Waals surface area contributed by atoms with Gasteiger partial charge in [0.15, 0.2) is 0 Å². The van der Waals surface area contributed by atoms with Gasteiger partial charge in [0.2, 0.25) is 5.91 Å². The lowest BCUT2D eigenvalue weighted by Crippen LogP contribution is -2.15. The zero-order chi connectivity index (χ0) is 18.7. The van der Waals surface area contributed by atoms with E-state index in [1.54, 1.807) is 25.4 Å². The van der Waals surface area contributed by atoms with Crippen LogP contribution >= 0.6 is 11.8 Å². The van der Waals surface area contributed by atoms with E-state index in [4.69, 9.17) is 4.74 Å². The summed E-state index contributed by atoms with van der Waals surface area (Å²) in [4.78, 5) is 15.4. The van der Waals surface area contributed by atoms with Gasteiger partial charge in [-0.05, 0) is 47.7 Å². The van der Waals surface area contributed by atoms with Gasteiger partial charge >= 0.3 is 5.51 Å². The molecule has 2 aromatic carbocycles. The Morgan fingerprint density at radius 1 is 1.23 bits per heavy atom. The summed E-state index contributed by atoms with van der Waals surface area (Å²) in [6, 6.07) is 11.3. The van der Waals surface area contributed by atoms with Crippen molar-refractivity contribution in [3.05, 3.63) is 54.2 Å². The molecule has 26 heavy (non-hydrogen) atoms. The third kappa shape index (κ3) is 4.32. The summed E-state index contributed by atoms with van der Waals surface area (Å²) in [5.41, 5.74) is -2.70. The maximum Gasteiger partial charge on any atom is 0.446 e. The molecule has 0 radical (unpaired) electrons. The summed E-state index contributed by atoms with van der Waals surface area (Å²) in [7, 11) is 1.55. The molecule has 0 saturated heterocycles. The van der Waals surface area contributed by atoms with Gasteiger partial charge in [-0.1, -0.05) is 12.1 Å². The van der Waals surface area contributed by atoms with Crippen LogP contribution in [0.15, 0.2) is 53.6 Å². The molecule has 8 heteroatoms. The van der Waals surface area contributed by atoms with Crippen molar-refractivity contribution >= 4 is 34.3 Å². The Hall–Kier alpha value is -2.61. The number of nitrogens with one attached hydrogen (secondary N) is 2. The number of rotatable bonds is 5. The van der Waals surface area contributed by atoms with Crippen molar-refractivity contribution in [2.45, 2.75) is 16.8 Å². The minimum atomic E-state index is -4.42. The lowest BCUT2D eigenvalue weighted by Gasteiger charge is -2.12. The number of alkyl halides is 3. The van der Waals surface area contributed by atoms with Crippen LogP contribution in [0, 0.1) is 0 Å². The second-order valence-corrected chi connectivity index (χ2v) is 6.60. The van der Waals surface area contributed by atoms with Crippen LogP contribution in [0.25, 0.3) is 10.9 Å². The molecule has 136 valence electrons. The number of fused-ring (bicyclic) bond motifs is 1. The Bertz CT molecular complexity index is 938. The molecule has 0 aliphatic heterocycles. The Labute approximate surface area is 151 Å². The van der Waals surface area contributed by atoms with Crippen molar-refractivity contribution < 1.29 is 22.7 Å². The van der Waals surface area contributed by atoms with Gasteiger partial charge in [0, 0.05) is 22.0 Å². The molecule has 0 aliphatic carbocycles. The monoisotopic (exact) mass is 380 g/mol. The fourth-order valence-electron chi connectivity index (χ4n) is 2.58. The molecule has 0 spiro atoms. The number of hydrogen-bond donors (Lipinski definition) is 2. The number of aromatic amines is 1. The SMILES string of the molecule is COc1ccc2[nH]cc(CC(=O)Nc3ccccc3SC(F)(F)F)c2c1. The highest BCUT2D eigenvalue weighted by molar-refractivity contribution is 8.00. The molecule has 4 nitrogen and oxygen atoms in total. The fourth-order valence-corrected chi connectivity index (χ4v) is 3.21. The average molecular weight is 380 g/mol. The molecule has 0 fully saturated rings. The molecular weight excluding hydrogens is 365 g/mol. The summed E-state index contributed by atoms with van der Waals surface area (Å²) >= 11 is -0.253. The highest BCUT2D eigenvalue weighted by Gasteiger charge is 2.30. The smallest absolute Gasteiger partial charge is 0.446 e. The Morgan fingerprint density at radius 2 is 2.00 bits per heavy atom. The van der Waals surface area contributed by atoms with Crippen LogP contribution in [-0.2, 0) is 11.2 Å². The number of H-pyrrole nitrogens is 1. The van der Waals surface area contributed by atoms with Gasteiger partial charge in [-0.2, -0.15) is 13.2 Å². The predicted octanol–water partition coefficient (Wildman–Crippen LogP) is 4.97. The third-order valence-corrected chi connectivity index (χ3v) is 4.52. The first-order chi connectivity index (χ1) is 12.4. The van der Waals surface area contributed by atoms with E-state index >= 15 is 0 Å². The molecule has 0 bridgehead atoms. The largest absolute Gasteiger partial charge is 0.497 e. The van der Waals surface area contributed by atoms with Crippen LogP contribution in [0.1, 0.15) is 5.56 Å². The minimum absolute atomic E-state index is 0.0260. The van der Waals surface area contributed by atoms with E-state index in [-0.39, 0.29) is 28.8 Å². The quantitative estimate of drug-likeness (QED) is 0.615. The fraction of sp³-hybridized carbons (Fsp3) is 0.167. The number of hydrogen-bond acceptors (Lipinski definition) is 3. The average Bonchev–Trinajstić information content (AvgIpc) is 2.97. The van der Waals surface area contributed by atoms with Crippen molar-refractivity contribution in [3.8, 4) is 5.75 Å². The number of thioether (sulfide) groups is 1. The molecule has 3 rings (SSSR count). The van der Waals surface area contributed by atoms with Crippen LogP contribution in [0.3, 0.4) is 0 Å². The van der Waals surface area contributed by atoms with Gasteiger partial charge in [-0.3, -0.25) is 4.79 Å². The first-order valence-electron chi connectivity index (χ1n) is 7.64. The second kappa shape index (κ2) is 7.33. The normalized spacial score (nSPS) is 11.5. The minimum Gasteiger partial charge on any atom is -0.497 e. The standard InChI is InChI=1S/C18H15F3N2O2S/c1-25-12-6-7-14-13(9-12)11(10-22-14)8-17(24)23-15-4-2-3-5-16(15)26-18(19,20)21/h2-7,9-10,22H,8H2,1H3,(H,23,24). The van der Waals surface area contributed by atoms with Crippen molar-refractivity contribution in [1.29, 1.82) is 0 Å². The number of ether oxygens (including phenoxy) is 1. The molecule has 0 saturated carbocycles. The number of carbonyl (C=O) groups is 1. The number of amides is 1. The molecule has 0 atom stereocenters. The third-order valence-electron chi connectivity index (χ3n) is 3.71. The Morgan fingerprint density at radius 3 is 2.73 bits per heavy atom. The van der Waals surface area contributed by atoms with E-state index in [2.05, 4.69) is 10.3 Å². The summed E-state index contributed by atoms with van der Waals surface area (Å²) < 4.78 is 43.1. The molecule has 1 heterocycles. The highest BCUT2D eigenvalue weighted by atomic mass is 32.2. The first kappa shape index (κ1) is 18.2. The van der Waals surface area contributed by atoms with Crippen LogP contribution in [-0.4, -0.2) is 23.5 Å². The van der Waals surface area contributed by atoms with Crippen molar-refractivity contribution in [2.24, 2.45) is 0 Å². The molecular formula is C18H15F3N2O2S. The maximum atomic E-state index is 12.6. The van der Waals surface area contributed by atoms with E-state index < -0.39 is 11.4 Å². The molecule has 1 aromatic heterocycles. The van der Waals surface area contributed by atoms with Crippen molar-refractivity contribution in [1.82, 2.24) is 4.98 Å². The number of aromatic nitrogens is 1. The van der Waals surface area contributed by atoms with Gasteiger partial charge in [-0.15, -0.1) is 0 Å². The number of halogens is 3. The number of carbonyl (C=O) groups excluding carboxylic acids is 1. The van der Waals surface area contributed by atoms with Crippen molar-refractivity contribution in [2.75, 3.05) is 12.4 Å². The zero-order valence-corrected chi connectivity index (χ0v) is 14.5. The van der Waals surface area contributed by atoms with Gasteiger partial charge in [0.25, 0.3) is 0 Å². The van der Waals surface area contributed by atoms with Crippen LogP contribution in [0.5, 0.6) is 5.75 Å². The molecule has 0 unspecified atom stereocenters. The first-order valence-corrected chi connectivity index (χ1v) is 8.46. The van der Waals surface area contributed by atoms with Crippen molar-refractivity contribution in [3.63, 3.8) is 0 Å². The second-order valence-electron chi connectivity index (χ2n) is 5.49. The van der Waals surface area contributed by atoms with E-state index in [0.29, 0.717) is 5.75 Å². The zero-order valence-electron chi connectivity index (χ0n) is 13.7. The van der Waals surface area contributed by atoms with Gasteiger partial charge in [-0.25, -0.2) is 0 Å². The lowest BCUT2D eigenvalue weighted by atomic mass is 10.1. The summed E-state index contributed by atoms with van der Waals surface area (Å²) in [6.07, 6.45) is 1.73. The van der Waals surface area contributed by atoms with E-state index in [9.17, 15) is 18.0 Å². The van der Waals surface area contributed by atoms with E-state index in [1.807, 2.05) is 12.1 Å². The van der Waals surface area contributed by atoms with E-state index in [1.165, 1.54) is 18.2 Å². The molecule has 1 amide bonds. The summed E-state index contributed by atoms with van der Waals surface area (Å²) in [6.45, 7) is 0. The topological polar surface area (TPSA) is 54.1 Å². The van der Waals surface area contributed by atoms with Crippen LogP contribution in [0.4, 0.5) is 18.9 Å². The molecule has 0 aliphatic rings. The number of benzene rings is 2. The van der Waals surface area contributed by atoms with Crippen LogP contribution < -0.4 is 10.1 Å². The van der Waals surface area contributed by atoms with Gasteiger partial charge < -0.3 is 15.0 Å². The molecule has 2 N–H and O–H groups in total. The van der Waals surface area contributed by atoms with Gasteiger partial charge in [0.1, 0.15) is 5.75 Å². The lowest BCUT2D eigenvalue weighted by molar-refractivity contribution is -0.115. The summed E-state index contributed by atoms with van der Waals surface area (Å²) in [5.74, 6) is 0.259. The highest BCUT2D eigenvalue weighted by Crippen LogP contribution is 2.40. The molecule has 3 aromatic rings. The Kier molecular flexibility index (Phi) is 5.13. The van der Waals surface area contributed by atoms with Gasteiger partial charge in [0.05, 0.1) is 19.2 Å². The van der Waals surface area contributed by atoms with E-state index in [0.717, 1.165) is 16.5 Å². The summed E-state index contributed by atoms with van der Waals surface area (Å²) in [5, 5.41) is 3.39. The number of para-hydroxylation sites is 1. The predicted molar refractivity (Wildman–Crippen MR) is 95.5 cm³/mol.